The molecule has 1 heterocycles. The molecule has 0 aliphatic rings. The normalized spacial score (nSPS) is 11.7. The first-order chi connectivity index (χ1) is 14.6. The first kappa shape index (κ1) is 22.5. The number of amides is 1. The van der Waals surface area contributed by atoms with Crippen molar-refractivity contribution in [1.82, 2.24) is 4.57 Å². The number of hydrogen-bond donors (Lipinski definition) is 0. The number of unbranched alkanes of at least 4 members (excludes halogenated alkanes) is 1. The van der Waals surface area contributed by atoms with E-state index < -0.39 is 0 Å². The van der Waals surface area contributed by atoms with Gasteiger partial charge in [-0.1, -0.05) is 48.3 Å². The average molecular weight is 487 g/mol. The third-order valence-corrected chi connectivity index (χ3v) is 6.55. The van der Waals surface area contributed by atoms with E-state index in [2.05, 4.69) is 58.4 Å². The fourth-order valence-corrected chi connectivity index (χ4v) is 4.59. The molecule has 1 amide bonds. The molecule has 0 fully saturated rings. The molecule has 3 aromatic rings. The zero-order valence-corrected chi connectivity index (χ0v) is 20.1. The fourth-order valence-electron chi connectivity index (χ4n) is 3.18. The molecule has 0 saturated carbocycles. The molecule has 0 saturated heterocycles. The topological polar surface area (TPSA) is 43.6 Å². The highest BCUT2D eigenvalue weighted by atomic mass is 79.9. The SMILES string of the molecule is CCCCOc1ccc(C(=O)N=c2sc(CC)c(-c3ccc(Br)cc3)n2CC)cc1. The van der Waals surface area contributed by atoms with Crippen molar-refractivity contribution >= 4 is 33.2 Å². The number of carbonyl (C=O) groups is 1. The Morgan fingerprint density at radius 2 is 1.77 bits per heavy atom. The van der Waals surface area contributed by atoms with Crippen molar-refractivity contribution in [3.05, 3.63) is 68.2 Å². The monoisotopic (exact) mass is 486 g/mol. The van der Waals surface area contributed by atoms with Gasteiger partial charge in [0.25, 0.3) is 5.91 Å². The third-order valence-electron chi connectivity index (χ3n) is 4.80. The lowest BCUT2D eigenvalue weighted by Crippen LogP contribution is -2.17. The lowest BCUT2D eigenvalue weighted by atomic mass is 10.1. The predicted octanol–water partition coefficient (Wildman–Crippen LogP) is 6.48. The maximum Gasteiger partial charge on any atom is 0.279 e. The molecule has 0 aliphatic heterocycles. The Morgan fingerprint density at radius 3 is 2.37 bits per heavy atom. The minimum absolute atomic E-state index is 0.233. The van der Waals surface area contributed by atoms with Gasteiger partial charge in [-0.25, -0.2) is 0 Å². The van der Waals surface area contributed by atoms with Crippen LogP contribution in [0.25, 0.3) is 11.3 Å². The number of nitrogens with zero attached hydrogens (tertiary/aromatic N) is 2. The Labute approximate surface area is 190 Å². The molecule has 3 rings (SSSR count). The van der Waals surface area contributed by atoms with E-state index in [1.165, 1.54) is 4.88 Å². The Morgan fingerprint density at radius 1 is 1.07 bits per heavy atom. The van der Waals surface area contributed by atoms with E-state index in [0.29, 0.717) is 12.2 Å². The second-order valence-corrected chi connectivity index (χ2v) is 8.88. The number of thiazole rings is 1. The highest BCUT2D eigenvalue weighted by molar-refractivity contribution is 9.10. The highest BCUT2D eigenvalue weighted by Crippen LogP contribution is 2.28. The van der Waals surface area contributed by atoms with E-state index in [9.17, 15) is 4.79 Å². The smallest absolute Gasteiger partial charge is 0.279 e. The molecule has 2 aromatic carbocycles. The Balaban J connectivity index is 1.93. The van der Waals surface area contributed by atoms with Gasteiger partial charge in [0, 0.05) is 21.5 Å². The van der Waals surface area contributed by atoms with Gasteiger partial charge in [-0.05, 0) is 61.7 Å². The van der Waals surface area contributed by atoms with Gasteiger partial charge < -0.3 is 9.30 Å². The molecule has 0 bridgehead atoms. The molecule has 30 heavy (non-hydrogen) atoms. The summed E-state index contributed by atoms with van der Waals surface area (Å²) in [7, 11) is 0. The number of halogens is 1. The van der Waals surface area contributed by atoms with Crippen LogP contribution in [-0.2, 0) is 13.0 Å². The second kappa shape index (κ2) is 10.7. The van der Waals surface area contributed by atoms with Crippen LogP contribution in [0.1, 0.15) is 48.8 Å². The predicted molar refractivity (Wildman–Crippen MR) is 127 cm³/mol. The number of hydrogen-bond acceptors (Lipinski definition) is 3. The standard InChI is InChI=1S/C24H27BrN2O2S/c1-4-7-16-29-20-14-10-18(11-15-20)23(28)26-24-27(6-3)22(21(5-2)30-24)17-8-12-19(25)13-9-17/h8-15H,4-7,16H2,1-3H3. The number of aryl methyl sites for hydroxylation is 1. The van der Waals surface area contributed by atoms with Crippen LogP contribution in [0.3, 0.4) is 0 Å². The summed E-state index contributed by atoms with van der Waals surface area (Å²) < 4.78 is 8.86. The van der Waals surface area contributed by atoms with E-state index in [0.717, 1.165) is 52.1 Å². The summed E-state index contributed by atoms with van der Waals surface area (Å²) in [5, 5.41) is 0. The maximum atomic E-state index is 12.8. The average Bonchev–Trinajstić information content (AvgIpc) is 3.12. The molecule has 4 nitrogen and oxygen atoms in total. The van der Waals surface area contributed by atoms with Crippen LogP contribution in [0.5, 0.6) is 5.75 Å². The molecule has 0 aliphatic carbocycles. The number of ether oxygens (including phenoxy) is 1. The number of benzene rings is 2. The summed E-state index contributed by atoms with van der Waals surface area (Å²) in [6.45, 7) is 7.79. The molecule has 0 unspecified atom stereocenters. The summed E-state index contributed by atoms with van der Waals surface area (Å²) in [6, 6.07) is 15.5. The Hall–Kier alpha value is -2.18. The summed E-state index contributed by atoms with van der Waals surface area (Å²) in [4.78, 5) is 19.3. The van der Waals surface area contributed by atoms with Crippen molar-refractivity contribution in [2.24, 2.45) is 4.99 Å². The van der Waals surface area contributed by atoms with Crippen LogP contribution in [0.4, 0.5) is 0 Å². The van der Waals surface area contributed by atoms with E-state index in [1.807, 2.05) is 24.3 Å². The van der Waals surface area contributed by atoms with Crippen molar-refractivity contribution in [1.29, 1.82) is 0 Å². The lowest BCUT2D eigenvalue weighted by molar-refractivity contribution is 0.0998. The number of rotatable bonds is 8. The molecule has 0 N–H and O–H groups in total. The summed E-state index contributed by atoms with van der Waals surface area (Å²) >= 11 is 5.09. The van der Waals surface area contributed by atoms with E-state index in [-0.39, 0.29) is 5.91 Å². The minimum atomic E-state index is -0.233. The van der Waals surface area contributed by atoms with Gasteiger partial charge in [-0.15, -0.1) is 11.3 Å². The molecular weight excluding hydrogens is 460 g/mol. The van der Waals surface area contributed by atoms with Crippen LogP contribution >= 0.6 is 27.3 Å². The maximum absolute atomic E-state index is 12.8. The van der Waals surface area contributed by atoms with Gasteiger partial charge in [0.1, 0.15) is 5.75 Å². The summed E-state index contributed by atoms with van der Waals surface area (Å²) in [5.74, 6) is 0.550. The quantitative estimate of drug-likeness (QED) is 0.341. The first-order valence-corrected chi connectivity index (χ1v) is 12.0. The molecule has 0 radical (unpaired) electrons. The van der Waals surface area contributed by atoms with Gasteiger partial charge in [-0.3, -0.25) is 4.79 Å². The fraction of sp³-hybridized carbons (Fsp3) is 0.333. The van der Waals surface area contributed by atoms with Crippen molar-refractivity contribution in [2.45, 2.75) is 46.6 Å². The Bertz CT molecular complexity index is 1050. The zero-order valence-electron chi connectivity index (χ0n) is 17.7. The van der Waals surface area contributed by atoms with Gasteiger partial charge >= 0.3 is 0 Å². The van der Waals surface area contributed by atoms with E-state index >= 15 is 0 Å². The van der Waals surface area contributed by atoms with Crippen molar-refractivity contribution in [3.8, 4) is 17.0 Å². The summed E-state index contributed by atoms with van der Waals surface area (Å²) in [6.07, 6.45) is 3.01. The summed E-state index contributed by atoms with van der Waals surface area (Å²) in [5.41, 5.74) is 2.84. The van der Waals surface area contributed by atoms with Crippen LogP contribution in [0.2, 0.25) is 0 Å². The van der Waals surface area contributed by atoms with Crippen molar-refractivity contribution in [3.63, 3.8) is 0 Å². The first-order valence-electron chi connectivity index (χ1n) is 10.4. The minimum Gasteiger partial charge on any atom is -0.494 e. The van der Waals surface area contributed by atoms with Gasteiger partial charge in [0.05, 0.1) is 12.3 Å². The Kier molecular flexibility index (Phi) is 8.05. The van der Waals surface area contributed by atoms with Gasteiger partial charge in [0.2, 0.25) is 0 Å². The second-order valence-electron chi connectivity index (χ2n) is 6.90. The van der Waals surface area contributed by atoms with Gasteiger partial charge in [-0.2, -0.15) is 4.99 Å². The van der Waals surface area contributed by atoms with E-state index in [1.54, 1.807) is 23.5 Å². The van der Waals surface area contributed by atoms with E-state index in [4.69, 9.17) is 4.74 Å². The molecular formula is C24H27BrN2O2S. The van der Waals surface area contributed by atoms with Crippen molar-refractivity contribution < 1.29 is 9.53 Å². The molecule has 1 aromatic heterocycles. The van der Waals surface area contributed by atoms with Gasteiger partial charge in [0.15, 0.2) is 4.80 Å². The molecule has 0 atom stereocenters. The largest absolute Gasteiger partial charge is 0.494 e. The van der Waals surface area contributed by atoms with Crippen LogP contribution < -0.4 is 9.54 Å². The zero-order chi connectivity index (χ0) is 21.5. The van der Waals surface area contributed by atoms with Crippen LogP contribution in [0.15, 0.2) is 58.0 Å². The molecule has 6 heteroatoms. The lowest BCUT2D eigenvalue weighted by Gasteiger charge is -2.08. The van der Waals surface area contributed by atoms with Crippen molar-refractivity contribution in [2.75, 3.05) is 6.61 Å². The molecule has 158 valence electrons. The number of carbonyl (C=O) groups excluding carboxylic acids is 1. The van der Waals surface area contributed by atoms with Crippen LogP contribution in [0, 0.1) is 0 Å². The van der Waals surface area contributed by atoms with Crippen LogP contribution in [-0.4, -0.2) is 17.1 Å². The number of aromatic nitrogens is 1. The highest BCUT2D eigenvalue weighted by Gasteiger charge is 2.15. The third kappa shape index (κ3) is 5.29. The molecule has 0 spiro atoms.